The second-order valence-corrected chi connectivity index (χ2v) is 7.27. The summed E-state index contributed by atoms with van der Waals surface area (Å²) in [5.41, 5.74) is 3.31. The summed E-state index contributed by atoms with van der Waals surface area (Å²) in [6.07, 6.45) is -1.55. The van der Waals surface area contributed by atoms with E-state index in [0.717, 1.165) is 11.1 Å². The molecule has 3 aromatic rings. The number of rotatable bonds is 11. The van der Waals surface area contributed by atoms with Crippen molar-refractivity contribution >= 4 is 5.71 Å². The van der Waals surface area contributed by atoms with E-state index in [2.05, 4.69) is 11.2 Å². The Bertz CT molecular complexity index is 1060. The van der Waals surface area contributed by atoms with Gasteiger partial charge in [-0.2, -0.15) is 5.26 Å². The third-order valence-corrected chi connectivity index (χ3v) is 4.90. The van der Waals surface area contributed by atoms with Gasteiger partial charge in [-0.05, 0) is 35.4 Å². The minimum atomic E-state index is -1.52. The van der Waals surface area contributed by atoms with E-state index in [1.807, 2.05) is 54.6 Å². The van der Waals surface area contributed by atoms with Crippen molar-refractivity contribution in [2.75, 3.05) is 13.7 Å². The molecule has 2 N–H and O–H groups in total. The topological polar surface area (TPSA) is 104 Å². The molecule has 0 heterocycles. The fourth-order valence-corrected chi connectivity index (χ4v) is 3.17. The van der Waals surface area contributed by atoms with Crippen LogP contribution >= 0.6 is 0 Å². The first kappa shape index (κ1) is 23.8. The van der Waals surface area contributed by atoms with Crippen LogP contribution in [-0.4, -0.2) is 35.9 Å². The number of hydrogen-bond acceptors (Lipinski definition) is 7. The Balaban J connectivity index is 1.52. The van der Waals surface area contributed by atoms with Gasteiger partial charge in [0.2, 0.25) is 0 Å². The molecule has 0 amide bonds. The van der Waals surface area contributed by atoms with Gasteiger partial charge in [-0.15, -0.1) is 0 Å². The van der Waals surface area contributed by atoms with Gasteiger partial charge in [-0.1, -0.05) is 59.8 Å². The summed E-state index contributed by atoms with van der Waals surface area (Å²) in [5, 5.41) is 31.4. The Hall–Kier alpha value is -3.86. The van der Waals surface area contributed by atoms with Gasteiger partial charge < -0.3 is 24.5 Å². The molecule has 0 fully saturated rings. The van der Waals surface area contributed by atoms with Gasteiger partial charge in [-0.25, -0.2) is 0 Å². The zero-order valence-electron chi connectivity index (χ0n) is 18.3. The molecule has 7 heteroatoms. The molecule has 7 nitrogen and oxygen atoms in total. The summed E-state index contributed by atoms with van der Waals surface area (Å²) in [4.78, 5) is 4.94. The maximum Gasteiger partial charge on any atom is 0.153 e. The van der Waals surface area contributed by atoms with Crippen LogP contribution in [0.2, 0.25) is 0 Å². The van der Waals surface area contributed by atoms with Crippen molar-refractivity contribution < 1.29 is 24.5 Å². The number of hydrogen-bond donors (Lipinski definition) is 2. The molecular formula is C26H26N2O5. The third kappa shape index (κ3) is 7.35. The zero-order chi connectivity index (χ0) is 23.5. The van der Waals surface area contributed by atoms with Gasteiger partial charge in [0.05, 0.1) is 12.0 Å². The van der Waals surface area contributed by atoms with Gasteiger partial charge in [0.15, 0.2) is 6.29 Å². The number of nitrogens with zero attached hydrogens (tertiary/aromatic N) is 2. The number of oxime groups is 1. The summed E-state index contributed by atoms with van der Waals surface area (Å²) >= 11 is 0. The molecule has 0 aliphatic heterocycles. The van der Waals surface area contributed by atoms with E-state index in [-0.39, 0.29) is 13.0 Å². The number of benzene rings is 3. The van der Waals surface area contributed by atoms with Crippen molar-refractivity contribution in [1.82, 2.24) is 0 Å². The highest BCUT2D eigenvalue weighted by Crippen LogP contribution is 2.23. The smallest absolute Gasteiger partial charge is 0.153 e. The van der Waals surface area contributed by atoms with E-state index in [0.29, 0.717) is 29.4 Å². The molecule has 3 aromatic carbocycles. The molecular weight excluding hydrogens is 420 g/mol. The van der Waals surface area contributed by atoms with E-state index in [9.17, 15) is 5.26 Å². The lowest BCUT2D eigenvalue weighted by Gasteiger charge is -2.12. The minimum absolute atomic E-state index is 0.0325. The first-order valence-electron chi connectivity index (χ1n) is 10.4. The van der Waals surface area contributed by atoms with Crippen molar-refractivity contribution in [1.29, 1.82) is 5.26 Å². The monoisotopic (exact) mass is 446 g/mol. The predicted octanol–water partition coefficient (Wildman–Crippen LogP) is 4.00. The van der Waals surface area contributed by atoms with E-state index in [1.54, 1.807) is 24.3 Å². The van der Waals surface area contributed by atoms with Crippen LogP contribution in [0.3, 0.4) is 0 Å². The van der Waals surface area contributed by atoms with Crippen molar-refractivity contribution in [2.45, 2.75) is 25.2 Å². The fraction of sp³-hybridized carbons (Fsp3) is 0.231. The molecule has 3 rings (SSSR count). The number of ether oxygens (including phenoxy) is 2. The van der Waals surface area contributed by atoms with Crippen LogP contribution in [0.5, 0.6) is 11.5 Å². The number of aliphatic hydroxyl groups is 2. The first-order chi connectivity index (χ1) is 16.1. The molecule has 1 unspecified atom stereocenters. The van der Waals surface area contributed by atoms with E-state index in [4.69, 9.17) is 24.5 Å². The van der Waals surface area contributed by atoms with Crippen molar-refractivity contribution in [3.05, 3.63) is 95.6 Å². The quantitative estimate of drug-likeness (QED) is 0.262. The van der Waals surface area contributed by atoms with Gasteiger partial charge in [0, 0.05) is 12.0 Å². The van der Waals surface area contributed by atoms with E-state index >= 15 is 0 Å². The average Bonchev–Trinajstić information content (AvgIpc) is 2.85. The number of nitriles is 1. The normalized spacial score (nSPS) is 12.2. The maximum atomic E-state index is 9.20. The summed E-state index contributed by atoms with van der Waals surface area (Å²) in [7, 11) is 1.51. The van der Waals surface area contributed by atoms with Crippen LogP contribution in [0.4, 0.5) is 0 Å². The second-order valence-electron chi connectivity index (χ2n) is 7.27. The minimum Gasteiger partial charge on any atom is -0.489 e. The molecule has 0 spiro atoms. The van der Waals surface area contributed by atoms with Crippen LogP contribution in [0.15, 0.2) is 84.0 Å². The molecule has 0 radical (unpaired) electrons. The third-order valence-electron chi connectivity index (χ3n) is 4.90. The van der Waals surface area contributed by atoms with Crippen molar-refractivity contribution in [3.8, 4) is 17.6 Å². The first-order valence-corrected chi connectivity index (χ1v) is 10.4. The van der Waals surface area contributed by atoms with Gasteiger partial charge in [-0.3, -0.25) is 0 Å². The highest BCUT2D eigenvalue weighted by Gasteiger charge is 2.14. The molecule has 0 bridgehead atoms. The van der Waals surface area contributed by atoms with Crippen molar-refractivity contribution in [3.63, 3.8) is 0 Å². The number of aliphatic hydroxyl groups excluding tert-OH is 1. The molecule has 0 aliphatic rings. The zero-order valence-corrected chi connectivity index (χ0v) is 18.3. The van der Waals surface area contributed by atoms with E-state index in [1.165, 1.54) is 7.11 Å². The maximum absolute atomic E-state index is 9.20. The van der Waals surface area contributed by atoms with Crippen LogP contribution in [0, 0.1) is 11.3 Å². The SMILES string of the molecule is CO/N=C(\COc1ccc(COc2ccc(C(C#N)CC(O)O)cc2)cc1)c1ccccc1. The summed E-state index contributed by atoms with van der Waals surface area (Å²) in [6, 6.07) is 26.4. The lowest BCUT2D eigenvalue weighted by molar-refractivity contribution is -0.0469. The molecule has 0 saturated heterocycles. The second kappa shape index (κ2) is 12.2. The molecule has 0 saturated carbocycles. The molecule has 0 aromatic heterocycles. The van der Waals surface area contributed by atoms with Crippen LogP contribution in [0.25, 0.3) is 0 Å². The van der Waals surface area contributed by atoms with E-state index < -0.39 is 12.2 Å². The lowest BCUT2D eigenvalue weighted by Crippen LogP contribution is -2.13. The predicted molar refractivity (Wildman–Crippen MR) is 124 cm³/mol. The van der Waals surface area contributed by atoms with Crippen LogP contribution < -0.4 is 9.47 Å². The highest BCUT2D eigenvalue weighted by molar-refractivity contribution is 6.01. The van der Waals surface area contributed by atoms with Gasteiger partial charge >= 0.3 is 0 Å². The Morgan fingerprint density at radius 1 is 0.909 bits per heavy atom. The Kier molecular flexibility index (Phi) is 8.83. The average molecular weight is 447 g/mol. The Morgan fingerprint density at radius 3 is 2.15 bits per heavy atom. The lowest BCUT2D eigenvalue weighted by atomic mass is 9.97. The fourth-order valence-electron chi connectivity index (χ4n) is 3.17. The largest absolute Gasteiger partial charge is 0.489 e. The highest BCUT2D eigenvalue weighted by atomic mass is 16.6. The Labute approximate surface area is 193 Å². The molecule has 0 aliphatic carbocycles. The molecule has 33 heavy (non-hydrogen) atoms. The molecule has 170 valence electrons. The van der Waals surface area contributed by atoms with Gasteiger partial charge in [0.1, 0.15) is 37.5 Å². The molecule has 1 atom stereocenters. The summed E-state index contributed by atoms with van der Waals surface area (Å²) in [5.74, 6) is 0.781. The van der Waals surface area contributed by atoms with Crippen LogP contribution in [0.1, 0.15) is 29.0 Å². The summed E-state index contributed by atoms with van der Waals surface area (Å²) < 4.78 is 11.7. The summed E-state index contributed by atoms with van der Waals surface area (Å²) in [6.45, 7) is 0.647. The standard InChI is InChI=1S/C26H26N2O5/c1-31-28-25(21-5-3-2-4-6-21)18-33-23-11-7-19(8-12-23)17-32-24-13-9-20(10-14-24)22(16-27)15-26(29)30/h2-14,22,26,29-30H,15,17-18H2,1H3/b28-25+. The van der Waals surface area contributed by atoms with Crippen molar-refractivity contribution in [2.24, 2.45) is 5.16 Å². The van der Waals surface area contributed by atoms with Gasteiger partial charge in [0.25, 0.3) is 0 Å². The Morgan fingerprint density at radius 2 is 1.55 bits per heavy atom. The van der Waals surface area contributed by atoms with Crippen LogP contribution in [-0.2, 0) is 11.4 Å².